The van der Waals surface area contributed by atoms with Gasteiger partial charge in [0.25, 0.3) is 0 Å². The Kier molecular flexibility index (Phi) is 4.61. The molecule has 0 fully saturated rings. The monoisotopic (exact) mass is 413 g/mol. The summed E-state index contributed by atoms with van der Waals surface area (Å²) in [5.41, 5.74) is 2.64. The molecule has 0 aliphatic heterocycles. The minimum Gasteiger partial charge on any atom is -0.343 e. The lowest BCUT2D eigenvalue weighted by molar-refractivity contribution is -0.136. The molecule has 0 N–H and O–H groups in total. The van der Waals surface area contributed by atoms with Gasteiger partial charge in [-0.2, -0.15) is 13.2 Å². The zero-order valence-electron chi connectivity index (χ0n) is 16.8. The Morgan fingerprint density at radius 3 is 1.93 bits per heavy atom. The molecule has 0 bridgehead atoms. The van der Waals surface area contributed by atoms with Crippen molar-refractivity contribution in [3.05, 3.63) is 71.8 Å². The fourth-order valence-electron chi connectivity index (χ4n) is 3.62. The van der Waals surface area contributed by atoms with Gasteiger partial charge in [-0.25, -0.2) is 0 Å². The first-order chi connectivity index (χ1) is 13.6. The summed E-state index contributed by atoms with van der Waals surface area (Å²) >= 11 is 1.21. The number of alkyl halides is 3. The van der Waals surface area contributed by atoms with Crippen molar-refractivity contribution in [1.82, 2.24) is 0 Å². The van der Waals surface area contributed by atoms with Crippen LogP contribution < -0.4 is 4.90 Å². The molecule has 29 heavy (non-hydrogen) atoms. The zero-order valence-corrected chi connectivity index (χ0v) is 17.6. The van der Waals surface area contributed by atoms with Gasteiger partial charge in [-0.3, -0.25) is 0 Å². The standard InChI is InChI=1S/C24H22F3NS/c1-23(2,3)15-11-13-16(14-12-15)28(4)20-10-6-8-18-17-7-5-9-19(24(25,26)27)21(17)29-22(18)20/h5-14H,1-4H3. The molecule has 0 amide bonds. The van der Waals surface area contributed by atoms with Crippen molar-refractivity contribution >= 4 is 42.9 Å². The van der Waals surface area contributed by atoms with Gasteiger partial charge in [-0.05, 0) is 35.2 Å². The van der Waals surface area contributed by atoms with Gasteiger partial charge >= 0.3 is 6.18 Å². The third-order valence-corrected chi connectivity index (χ3v) is 6.57. The van der Waals surface area contributed by atoms with E-state index in [-0.39, 0.29) is 5.41 Å². The molecule has 1 nitrogen and oxygen atoms in total. The van der Waals surface area contributed by atoms with Crippen LogP contribution in [0.3, 0.4) is 0 Å². The van der Waals surface area contributed by atoms with Crippen LogP contribution in [0.25, 0.3) is 20.2 Å². The number of halogens is 3. The smallest absolute Gasteiger partial charge is 0.343 e. The Morgan fingerprint density at radius 2 is 1.34 bits per heavy atom. The molecule has 150 valence electrons. The van der Waals surface area contributed by atoms with Gasteiger partial charge in [-0.1, -0.05) is 57.2 Å². The molecule has 0 saturated heterocycles. The topological polar surface area (TPSA) is 3.24 Å². The van der Waals surface area contributed by atoms with Crippen LogP contribution >= 0.6 is 11.3 Å². The lowest BCUT2D eigenvalue weighted by Crippen LogP contribution is -2.13. The van der Waals surface area contributed by atoms with Gasteiger partial charge in [0.2, 0.25) is 0 Å². The van der Waals surface area contributed by atoms with Gasteiger partial charge in [0.1, 0.15) is 0 Å². The molecule has 4 aromatic rings. The second-order valence-corrected chi connectivity index (χ2v) is 9.31. The van der Waals surface area contributed by atoms with Crippen LogP contribution in [0.15, 0.2) is 60.7 Å². The van der Waals surface area contributed by atoms with Crippen LogP contribution in [-0.2, 0) is 11.6 Å². The zero-order chi connectivity index (χ0) is 21.0. The molecule has 1 heterocycles. The molecule has 0 atom stereocenters. The summed E-state index contributed by atoms with van der Waals surface area (Å²) in [5.74, 6) is 0. The van der Waals surface area contributed by atoms with Crippen molar-refractivity contribution < 1.29 is 13.2 Å². The van der Waals surface area contributed by atoms with Gasteiger partial charge in [-0.15, -0.1) is 11.3 Å². The summed E-state index contributed by atoms with van der Waals surface area (Å²) < 4.78 is 41.7. The van der Waals surface area contributed by atoms with Crippen LogP contribution in [0.4, 0.5) is 24.5 Å². The average molecular weight is 414 g/mol. The Hall–Kier alpha value is -2.53. The number of hydrogen-bond acceptors (Lipinski definition) is 2. The van der Waals surface area contributed by atoms with E-state index < -0.39 is 11.7 Å². The summed E-state index contributed by atoms with van der Waals surface area (Å²) in [6.07, 6.45) is -4.37. The number of nitrogens with zero attached hydrogens (tertiary/aromatic N) is 1. The highest BCUT2D eigenvalue weighted by atomic mass is 32.1. The summed E-state index contributed by atoms with van der Waals surface area (Å²) in [5, 5.41) is 1.50. The predicted molar refractivity (Wildman–Crippen MR) is 118 cm³/mol. The normalized spacial score (nSPS) is 12.7. The highest BCUT2D eigenvalue weighted by Gasteiger charge is 2.33. The van der Waals surface area contributed by atoms with Crippen molar-refractivity contribution in [2.75, 3.05) is 11.9 Å². The van der Waals surface area contributed by atoms with Crippen LogP contribution in [0.2, 0.25) is 0 Å². The number of fused-ring (bicyclic) bond motifs is 3. The molecule has 0 aliphatic carbocycles. The molecule has 0 radical (unpaired) electrons. The third kappa shape index (κ3) is 3.48. The fraction of sp³-hybridized carbons (Fsp3) is 0.250. The van der Waals surface area contributed by atoms with E-state index in [0.29, 0.717) is 10.1 Å². The Morgan fingerprint density at radius 1 is 0.759 bits per heavy atom. The van der Waals surface area contributed by atoms with E-state index in [0.717, 1.165) is 27.5 Å². The van der Waals surface area contributed by atoms with Crippen molar-refractivity contribution in [1.29, 1.82) is 0 Å². The number of anilines is 2. The number of hydrogen-bond donors (Lipinski definition) is 0. The Bertz CT molecular complexity index is 1180. The molecule has 4 rings (SSSR count). The quantitative estimate of drug-likeness (QED) is 0.320. The Labute approximate surface area is 172 Å². The summed E-state index contributed by atoms with van der Waals surface area (Å²) in [6, 6.07) is 18.5. The third-order valence-electron chi connectivity index (χ3n) is 5.29. The van der Waals surface area contributed by atoms with E-state index in [2.05, 4.69) is 45.0 Å². The first-order valence-corrected chi connectivity index (χ1v) is 10.2. The summed E-state index contributed by atoms with van der Waals surface area (Å²) in [4.78, 5) is 2.04. The van der Waals surface area contributed by atoms with Crippen molar-refractivity contribution in [2.24, 2.45) is 0 Å². The average Bonchev–Trinajstić information content (AvgIpc) is 3.04. The van der Waals surface area contributed by atoms with Crippen molar-refractivity contribution in [2.45, 2.75) is 32.4 Å². The molecular weight excluding hydrogens is 391 g/mol. The van der Waals surface area contributed by atoms with Crippen LogP contribution in [0.5, 0.6) is 0 Å². The first kappa shape index (κ1) is 19.8. The molecule has 0 unspecified atom stereocenters. The van der Waals surface area contributed by atoms with Gasteiger partial charge in [0.05, 0.1) is 16.0 Å². The minimum absolute atomic E-state index is 0.0661. The molecule has 0 aliphatic rings. The van der Waals surface area contributed by atoms with Crippen LogP contribution in [0, 0.1) is 0 Å². The Balaban J connectivity index is 1.86. The van der Waals surface area contributed by atoms with Crippen molar-refractivity contribution in [3.63, 3.8) is 0 Å². The van der Waals surface area contributed by atoms with E-state index in [1.807, 2.05) is 30.1 Å². The molecule has 0 saturated carbocycles. The second-order valence-electron chi connectivity index (χ2n) is 8.29. The number of rotatable bonds is 2. The first-order valence-electron chi connectivity index (χ1n) is 9.43. The molecule has 3 aromatic carbocycles. The van der Waals surface area contributed by atoms with Gasteiger partial charge in [0.15, 0.2) is 0 Å². The van der Waals surface area contributed by atoms with E-state index in [4.69, 9.17) is 0 Å². The lowest BCUT2D eigenvalue weighted by atomic mass is 9.87. The maximum atomic E-state index is 13.5. The number of thiophene rings is 1. The molecule has 5 heteroatoms. The fourth-order valence-corrected chi connectivity index (χ4v) is 5.00. The SMILES string of the molecule is CN(c1ccc(C(C)(C)C)cc1)c1cccc2c1sc1c(C(F)(F)F)cccc12. The van der Waals surface area contributed by atoms with Crippen LogP contribution in [0.1, 0.15) is 31.9 Å². The van der Waals surface area contributed by atoms with Gasteiger partial charge < -0.3 is 4.90 Å². The van der Waals surface area contributed by atoms with E-state index in [9.17, 15) is 13.2 Å². The van der Waals surface area contributed by atoms with Gasteiger partial charge in [0, 0.05) is 28.2 Å². The van der Waals surface area contributed by atoms with Crippen molar-refractivity contribution in [3.8, 4) is 0 Å². The summed E-state index contributed by atoms with van der Waals surface area (Å²) in [7, 11) is 1.95. The largest absolute Gasteiger partial charge is 0.417 e. The number of benzene rings is 3. The summed E-state index contributed by atoms with van der Waals surface area (Å²) in [6.45, 7) is 6.51. The highest BCUT2D eigenvalue weighted by molar-refractivity contribution is 7.26. The predicted octanol–water partition coefficient (Wildman–Crippen LogP) is 8.14. The maximum Gasteiger partial charge on any atom is 0.417 e. The maximum absolute atomic E-state index is 13.5. The van der Waals surface area contributed by atoms with Crippen LogP contribution in [-0.4, -0.2) is 7.05 Å². The van der Waals surface area contributed by atoms with E-state index >= 15 is 0 Å². The van der Waals surface area contributed by atoms with E-state index in [1.54, 1.807) is 6.07 Å². The second kappa shape index (κ2) is 6.77. The highest BCUT2D eigenvalue weighted by Crippen LogP contribution is 2.45. The lowest BCUT2D eigenvalue weighted by Gasteiger charge is -2.23. The minimum atomic E-state index is -4.37. The van der Waals surface area contributed by atoms with E-state index in [1.165, 1.54) is 23.0 Å². The molecule has 1 aromatic heterocycles. The molecular formula is C24H22F3NS. The molecule has 0 spiro atoms.